The quantitative estimate of drug-likeness (QED) is 0.830. The van der Waals surface area contributed by atoms with Gasteiger partial charge in [-0.05, 0) is 57.0 Å². The molecule has 0 aliphatic carbocycles. The van der Waals surface area contributed by atoms with Gasteiger partial charge < -0.3 is 10.1 Å². The maximum Gasteiger partial charge on any atom is 0.118 e. The average Bonchev–Trinajstić information content (AvgIpc) is 2.56. The van der Waals surface area contributed by atoms with Crippen molar-refractivity contribution in [2.45, 2.75) is 51.6 Å². The van der Waals surface area contributed by atoms with Gasteiger partial charge in [0.25, 0.3) is 0 Å². The van der Waals surface area contributed by atoms with E-state index < -0.39 is 0 Å². The number of benzene rings is 1. The predicted octanol–water partition coefficient (Wildman–Crippen LogP) is 3.61. The molecule has 1 aromatic carbocycles. The van der Waals surface area contributed by atoms with Crippen LogP contribution in [-0.4, -0.2) is 37.7 Å². The molecule has 1 heterocycles. The fraction of sp³-hybridized carbons (Fsp3) is 0.667. The lowest BCUT2D eigenvalue weighted by atomic mass is 10.0. The van der Waals surface area contributed by atoms with Crippen LogP contribution in [0.3, 0.4) is 0 Å². The molecule has 0 bridgehead atoms. The van der Waals surface area contributed by atoms with E-state index in [-0.39, 0.29) is 0 Å². The van der Waals surface area contributed by atoms with Crippen LogP contribution >= 0.6 is 0 Å². The topological polar surface area (TPSA) is 24.5 Å². The molecule has 1 aliphatic heterocycles. The van der Waals surface area contributed by atoms with Crippen molar-refractivity contribution in [2.75, 3.05) is 26.7 Å². The molecule has 2 unspecified atom stereocenters. The molecule has 0 amide bonds. The van der Waals surface area contributed by atoms with Gasteiger partial charge in [0, 0.05) is 18.6 Å². The van der Waals surface area contributed by atoms with E-state index >= 15 is 0 Å². The average molecular weight is 290 g/mol. The first-order valence-corrected chi connectivity index (χ1v) is 8.36. The highest BCUT2D eigenvalue weighted by Crippen LogP contribution is 2.20. The van der Waals surface area contributed by atoms with Crippen LogP contribution in [0.25, 0.3) is 0 Å². The van der Waals surface area contributed by atoms with Gasteiger partial charge in [-0.3, -0.25) is 4.90 Å². The Labute approximate surface area is 129 Å². The summed E-state index contributed by atoms with van der Waals surface area (Å²) in [6.45, 7) is 8.18. The molecule has 3 nitrogen and oxygen atoms in total. The van der Waals surface area contributed by atoms with Gasteiger partial charge in [-0.1, -0.05) is 25.5 Å². The van der Waals surface area contributed by atoms with E-state index in [4.69, 9.17) is 4.74 Å². The highest BCUT2D eigenvalue weighted by molar-refractivity contribution is 5.29. The molecule has 0 aromatic heterocycles. The van der Waals surface area contributed by atoms with E-state index in [1.165, 1.54) is 37.9 Å². The molecule has 118 valence electrons. The Morgan fingerprint density at radius 1 is 1.14 bits per heavy atom. The van der Waals surface area contributed by atoms with E-state index in [1.54, 1.807) is 7.11 Å². The number of likely N-dealkylation sites (tertiary alicyclic amines) is 1. The number of nitrogens with one attached hydrogen (secondary N) is 1. The SMILES string of the molecule is CCC(NCC(C)N1CCCCC1)c1ccc(OC)cc1. The second kappa shape index (κ2) is 8.40. The summed E-state index contributed by atoms with van der Waals surface area (Å²) < 4.78 is 5.23. The third-order valence-electron chi connectivity index (χ3n) is 4.60. The summed E-state index contributed by atoms with van der Waals surface area (Å²) in [6.07, 6.45) is 5.24. The van der Waals surface area contributed by atoms with Crippen molar-refractivity contribution in [2.24, 2.45) is 0 Å². The van der Waals surface area contributed by atoms with Crippen LogP contribution in [0.2, 0.25) is 0 Å². The van der Waals surface area contributed by atoms with Crippen molar-refractivity contribution in [3.8, 4) is 5.75 Å². The van der Waals surface area contributed by atoms with Crippen molar-refractivity contribution >= 4 is 0 Å². The van der Waals surface area contributed by atoms with Crippen LogP contribution in [0.5, 0.6) is 5.75 Å². The zero-order valence-electron chi connectivity index (χ0n) is 13.8. The Bertz CT molecular complexity index is 398. The van der Waals surface area contributed by atoms with Gasteiger partial charge in [0.05, 0.1) is 7.11 Å². The first-order valence-electron chi connectivity index (χ1n) is 8.36. The zero-order valence-corrected chi connectivity index (χ0v) is 13.8. The summed E-state index contributed by atoms with van der Waals surface area (Å²) in [5.41, 5.74) is 1.35. The highest BCUT2D eigenvalue weighted by atomic mass is 16.5. The molecule has 1 saturated heterocycles. The Balaban J connectivity index is 1.86. The molecule has 0 spiro atoms. The molecule has 21 heavy (non-hydrogen) atoms. The van der Waals surface area contributed by atoms with Crippen LogP contribution in [0.15, 0.2) is 24.3 Å². The van der Waals surface area contributed by atoms with Crippen LogP contribution in [0, 0.1) is 0 Å². The van der Waals surface area contributed by atoms with Crippen molar-refractivity contribution < 1.29 is 4.74 Å². The molecule has 1 aliphatic rings. The lowest BCUT2D eigenvalue weighted by molar-refractivity contribution is 0.167. The molecular formula is C18H30N2O. The largest absolute Gasteiger partial charge is 0.497 e. The summed E-state index contributed by atoms with van der Waals surface area (Å²) >= 11 is 0. The van der Waals surface area contributed by atoms with Crippen molar-refractivity contribution in [1.82, 2.24) is 10.2 Å². The van der Waals surface area contributed by atoms with Gasteiger partial charge in [-0.2, -0.15) is 0 Å². The van der Waals surface area contributed by atoms with E-state index in [0.29, 0.717) is 12.1 Å². The fourth-order valence-electron chi connectivity index (χ4n) is 3.14. The minimum absolute atomic E-state index is 0.433. The Hall–Kier alpha value is -1.06. The molecule has 3 heteroatoms. The van der Waals surface area contributed by atoms with Crippen molar-refractivity contribution in [3.63, 3.8) is 0 Å². The number of hydrogen-bond acceptors (Lipinski definition) is 3. The molecule has 2 atom stereocenters. The van der Waals surface area contributed by atoms with E-state index in [9.17, 15) is 0 Å². The lowest BCUT2D eigenvalue weighted by Gasteiger charge is -2.33. The van der Waals surface area contributed by atoms with E-state index in [1.807, 2.05) is 12.1 Å². The standard InChI is InChI=1S/C18H30N2O/c1-4-18(16-8-10-17(21-3)11-9-16)19-14-15(2)20-12-6-5-7-13-20/h8-11,15,18-19H,4-7,12-14H2,1-3H3. The molecule has 1 fully saturated rings. The van der Waals surface area contributed by atoms with E-state index in [2.05, 4.69) is 36.2 Å². The summed E-state index contributed by atoms with van der Waals surface area (Å²) in [6, 6.07) is 9.50. The normalized spacial score (nSPS) is 19.2. The second-order valence-corrected chi connectivity index (χ2v) is 6.09. The lowest BCUT2D eigenvalue weighted by Crippen LogP contribution is -2.43. The third kappa shape index (κ3) is 4.72. The maximum atomic E-state index is 5.23. The first-order chi connectivity index (χ1) is 10.2. The summed E-state index contributed by atoms with van der Waals surface area (Å²) in [5.74, 6) is 0.926. The van der Waals surface area contributed by atoms with Gasteiger partial charge in [-0.15, -0.1) is 0 Å². The number of methoxy groups -OCH3 is 1. The maximum absolute atomic E-state index is 5.23. The van der Waals surface area contributed by atoms with Gasteiger partial charge in [0.1, 0.15) is 5.75 Å². The smallest absolute Gasteiger partial charge is 0.118 e. The van der Waals surface area contributed by atoms with Crippen molar-refractivity contribution in [3.05, 3.63) is 29.8 Å². The van der Waals surface area contributed by atoms with Gasteiger partial charge >= 0.3 is 0 Å². The van der Waals surface area contributed by atoms with Gasteiger partial charge in [0.15, 0.2) is 0 Å². The molecular weight excluding hydrogens is 260 g/mol. The number of rotatable bonds is 7. The van der Waals surface area contributed by atoms with Crippen molar-refractivity contribution in [1.29, 1.82) is 0 Å². The Morgan fingerprint density at radius 3 is 2.38 bits per heavy atom. The Kier molecular flexibility index (Phi) is 6.52. The Morgan fingerprint density at radius 2 is 1.81 bits per heavy atom. The molecule has 0 radical (unpaired) electrons. The first kappa shape index (κ1) is 16.3. The number of nitrogens with zero attached hydrogens (tertiary/aromatic N) is 1. The predicted molar refractivity (Wildman–Crippen MR) is 88.9 cm³/mol. The molecule has 2 rings (SSSR count). The van der Waals surface area contributed by atoms with E-state index in [0.717, 1.165) is 18.7 Å². The second-order valence-electron chi connectivity index (χ2n) is 6.09. The van der Waals surface area contributed by atoms with Crippen LogP contribution in [0.1, 0.15) is 51.1 Å². The number of hydrogen-bond donors (Lipinski definition) is 1. The minimum atomic E-state index is 0.433. The molecule has 0 saturated carbocycles. The monoisotopic (exact) mass is 290 g/mol. The zero-order chi connectivity index (χ0) is 15.1. The minimum Gasteiger partial charge on any atom is -0.497 e. The third-order valence-corrected chi connectivity index (χ3v) is 4.60. The highest BCUT2D eigenvalue weighted by Gasteiger charge is 2.18. The van der Waals surface area contributed by atoms with Crippen LogP contribution < -0.4 is 10.1 Å². The molecule has 1 N–H and O–H groups in total. The molecule has 1 aromatic rings. The summed E-state index contributed by atoms with van der Waals surface area (Å²) in [4.78, 5) is 2.62. The number of piperidine rings is 1. The van der Waals surface area contributed by atoms with Gasteiger partial charge in [0.2, 0.25) is 0 Å². The van der Waals surface area contributed by atoms with Crippen LogP contribution in [-0.2, 0) is 0 Å². The number of ether oxygens (including phenoxy) is 1. The fourth-order valence-corrected chi connectivity index (χ4v) is 3.14. The van der Waals surface area contributed by atoms with Crippen LogP contribution in [0.4, 0.5) is 0 Å². The summed E-state index contributed by atoms with van der Waals surface area (Å²) in [7, 11) is 1.71. The summed E-state index contributed by atoms with van der Waals surface area (Å²) in [5, 5.41) is 3.74. The van der Waals surface area contributed by atoms with Gasteiger partial charge in [-0.25, -0.2) is 0 Å².